The Labute approximate surface area is 169 Å². The average Bonchev–Trinajstić information content (AvgIpc) is 2.67. The Balaban J connectivity index is 1.41. The molecule has 0 aromatic heterocycles. The van der Waals surface area contributed by atoms with E-state index in [1.54, 1.807) is 18.2 Å². The normalized spacial score (nSPS) is 23.7. The molecule has 0 bridgehead atoms. The van der Waals surface area contributed by atoms with Crippen molar-refractivity contribution < 1.29 is 23.9 Å². The quantitative estimate of drug-likeness (QED) is 0.747. The van der Waals surface area contributed by atoms with E-state index in [9.17, 15) is 14.4 Å². The van der Waals surface area contributed by atoms with Gasteiger partial charge < -0.3 is 14.8 Å². The van der Waals surface area contributed by atoms with Crippen LogP contribution in [0, 0.1) is 11.8 Å². The fourth-order valence-corrected chi connectivity index (χ4v) is 3.86. The van der Waals surface area contributed by atoms with E-state index in [4.69, 9.17) is 21.1 Å². The van der Waals surface area contributed by atoms with Crippen molar-refractivity contribution in [1.29, 1.82) is 0 Å². The summed E-state index contributed by atoms with van der Waals surface area (Å²) in [5.41, 5.74) is 0.825. The second-order valence-corrected chi connectivity index (χ2v) is 7.90. The maximum absolute atomic E-state index is 12.2. The summed E-state index contributed by atoms with van der Waals surface area (Å²) in [6.45, 7) is 1.76. The van der Waals surface area contributed by atoms with Gasteiger partial charge in [0.15, 0.2) is 6.61 Å². The summed E-state index contributed by atoms with van der Waals surface area (Å²) in [5, 5.41) is 5.60. The number of carbonyl (C=O) groups excluding carboxylic acids is 3. The minimum absolute atomic E-state index is 0.0652. The highest BCUT2D eigenvalue weighted by atomic mass is 35.5. The van der Waals surface area contributed by atoms with Crippen molar-refractivity contribution in [1.82, 2.24) is 10.6 Å². The maximum atomic E-state index is 12.2. The van der Waals surface area contributed by atoms with Crippen LogP contribution in [0.15, 0.2) is 18.2 Å². The highest BCUT2D eigenvalue weighted by molar-refractivity contribution is 6.30. The van der Waals surface area contributed by atoms with E-state index < -0.39 is 30.4 Å². The Morgan fingerprint density at radius 2 is 2.04 bits per heavy atom. The minimum Gasteiger partial charge on any atom is -0.492 e. The Hall–Kier alpha value is -2.28. The molecule has 0 radical (unpaired) electrons. The topological polar surface area (TPSA) is 93.7 Å². The fraction of sp³-hybridized carbons (Fsp3) is 0.550. The highest BCUT2D eigenvalue weighted by Crippen LogP contribution is 2.30. The third kappa shape index (κ3) is 5.38. The maximum Gasteiger partial charge on any atom is 0.321 e. The van der Waals surface area contributed by atoms with Gasteiger partial charge in [0.25, 0.3) is 5.91 Å². The van der Waals surface area contributed by atoms with Crippen LogP contribution in [0.1, 0.15) is 38.2 Å². The second-order valence-electron chi connectivity index (χ2n) is 7.46. The summed E-state index contributed by atoms with van der Waals surface area (Å²) in [4.78, 5) is 36.1. The molecule has 7 nitrogen and oxygen atoms in total. The van der Waals surface area contributed by atoms with Crippen LogP contribution in [0.3, 0.4) is 0 Å². The van der Waals surface area contributed by atoms with Crippen LogP contribution >= 0.6 is 11.6 Å². The summed E-state index contributed by atoms with van der Waals surface area (Å²) in [7, 11) is 0. The molecule has 0 spiro atoms. The average molecular weight is 409 g/mol. The van der Waals surface area contributed by atoms with E-state index in [0.717, 1.165) is 31.2 Å². The summed E-state index contributed by atoms with van der Waals surface area (Å²) < 4.78 is 10.6. The Kier molecular flexibility index (Phi) is 6.78. The number of nitrogens with one attached hydrogen (secondary N) is 2. The number of amides is 3. The zero-order valence-corrected chi connectivity index (χ0v) is 16.6. The lowest BCUT2D eigenvalue weighted by molar-refractivity contribution is -0.153. The molecule has 3 atom stereocenters. The zero-order valence-electron chi connectivity index (χ0n) is 15.8. The number of ether oxygens (including phenoxy) is 2. The van der Waals surface area contributed by atoms with Crippen molar-refractivity contribution in [3.05, 3.63) is 28.8 Å². The Morgan fingerprint density at radius 3 is 2.82 bits per heavy atom. The third-order valence-corrected chi connectivity index (χ3v) is 5.52. The molecule has 1 saturated carbocycles. The number of imide groups is 1. The molecular weight excluding hydrogens is 384 g/mol. The number of esters is 1. The molecule has 2 aliphatic rings. The van der Waals surface area contributed by atoms with Gasteiger partial charge in [0, 0.05) is 11.1 Å². The van der Waals surface area contributed by atoms with Gasteiger partial charge in [0.05, 0.1) is 5.92 Å². The minimum atomic E-state index is -0.658. The van der Waals surface area contributed by atoms with E-state index >= 15 is 0 Å². The van der Waals surface area contributed by atoms with Gasteiger partial charge in [-0.1, -0.05) is 31.4 Å². The molecule has 1 aliphatic carbocycles. The van der Waals surface area contributed by atoms with Crippen LogP contribution in [0.5, 0.6) is 5.75 Å². The summed E-state index contributed by atoms with van der Waals surface area (Å²) in [5.74, 6) is -0.637. The van der Waals surface area contributed by atoms with Crippen molar-refractivity contribution in [2.45, 2.75) is 45.1 Å². The van der Waals surface area contributed by atoms with Crippen LogP contribution in [0.2, 0.25) is 5.02 Å². The first-order valence-corrected chi connectivity index (χ1v) is 9.98. The standard InChI is InChI=1S/C20H25ClN2O5/c1-12-4-2-3-5-16(12)22-20(26)23-18(24)11-28-19(25)14-8-13-9-15(21)6-7-17(13)27-10-14/h6-7,9,12,14,16H,2-5,8,10-11H2,1H3,(H2,22,23,24,26)/t12-,14+,16+/m0/s1. The fourth-order valence-electron chi connectivity index (χ4n) is 3.67. The van der Waals surface area contributed by atoms with Gasteiger partial charge in [-0.3, -0.25) is 14.9 Å². The molecule has 0 saturated heterocycles. The van der Waals surface area contributed by atoms with Crippen molar-refractivity contribution in [2.24, 2.45) is 11.8 Å². The molecule has 1 fully saturated rings. The number of benzene rings is 1. The molecule has 1 aliphatic heterocycles. The summed E-state index contributed by atoms with van der Waals surface area (Å²) in [6.07, 6.45) is 4.63. The number of urea groups is 1. The lowest BCUT2D eigenvalue weighted by atomic mass is 9.86. The molecule has 8 heteroatoms. The molecule has 28 heavy (non-hydrogen) atoms. The Morgan fingerprint density at radius 1 is 1.25 bits per heavy atom. The molecule has 1 aromatic rings. The van der Waals surface area contributed by atoms with Gasteiger partial charge in [-0.2, -0.15) is 0 Å². The largest absolute Gasteiger partial charge is 0.492 e. The van der Waals surface area contributed by atoms with E-state index in [0.29, 0.717) is 23.1 Å². The first-order valence-electron chi connectivity index (χ1n) is 9.60. The molecule has 1 heterocycles. The van der Waals surface area contributed by atoms with Gasteiger partial charge in [-0.25, -0.2) is 4.79 Å². The predicted molar refractivity (Wildman–Crippen MR) is 103 cm³/mol. The first-order chi connectivity index (χ1) is 13.4. The second kappa shape index (κ2) is 9.28. The highest BCUT2D eigenvalue weighted by Gasteiger charge is 2.28. The third-order valence-electron chi connectivity index (χ3n) is 5.29. The van der Waals surface area contributed by atoms with Crippen molar-refractivity contribution in [3.8, 4) is 5.75 Å². The summed E-state index contributed by atoms with van der Waals surface area (Å²) in [6, 6.07) is 4.75. The molecule has 0 unspecified atom stereocenters. The molecule has 3 amide bonds. The molecule has 3 rings (SSSR count). The molecular formula is C20H25ClN2O5. The van der Waals surface area contributed by atoms with Crippen molar-refractivity contribution in [3.63, 3.8) is 0 Å². The number of rotatable bonds is 4. The van der Waals surface area contributed by atoms with Gasteiger partial charge in [-0.05, 0) is 48.9 Å². The molecule has 152 valence electrons. The number of carbonyl (C=O) groups is 3. The van der Waals surface area contributed by atoms with Crippen LogP contribution in [0.25, 0.3) is 0 Å². The van der Waals surface area contributed by atoms with Crippen LogP contribution in [-0.4, -0.2) is 37.2 Å². The SMILES string of the molecule is C[C@H]1CCCC[C@H]1NC(=O)NC(=O)COC(=O)[C@H]1COc2ccc(Cl)cc2C1. The summed E-state index contributed by atoms with van der Waals surface area (Å²) >= 11 is 5.97. The van der Waals surface area contributed by atoms with E-state index in [-0.39, 0.29) is 12.6 Å². The van der Waals surface area contributed by atoms with Crippen LogP contribution in [-0.2, 0) is 20.7 Å². The number of hydrogen-bond acceptors (Lipinski definition) is 5. The number of fused-ring (bicyclic) bond motifs is 1. The number of hydrogen-bond donors (Lipinski definition) is 2. The molecule has 1 aromatic carbocycles. The lowest BCUT2D eigenvalue weighted by Crippen LogP contribution is -2.48. The van der Waals surface area contributed by atoms with Crippen LogP contribution < -0.4 is 15.4 Å². The van der Waals surface area contributed by atoms with Crippen molar-refractivity contribution >= 4 is 29.5 Å². The van der Waals surface area contributed by atoms with E-state index in [1.165, 1.54) is 0 Å². The number of halogens is 1. The first kappa shape index (κ1) is 20.5. The Bertz CT molecular complexity index is 754. The van der Waals surface area contributed by atoms with E-state index in [1.807, 2.05) is 0 Å². The van der Waals surface area contributed by atoms with Gasteiger partial charge in [0.2, 0.25) is 0 Å². The van der Waals surface area contributed by atoms with Gasteiger partial charge >= 0.3 is 12.0 Å². The lowest BCUT2D eigenvalue weighted by Gasteiger charge is -2.29. The van der Waals surface area contributed by atoms with Crippen LogP contribution in [0.4, 0.5) is 4.79 Å². The van der Waals surface area contributed by atoms with Gasteiger partial charge in [0.1, 0.15) is 12.4 Å². The van der Waals surface area contributed by atoms with Crippen molar-refractivity contribution in [2.75, 3.05) is 13.2 Å². The van der Waals surface area contributed by atoms with E-state index in [2.05, 4.69) is 17.6 Å². The monoisotopic (exact) mass is 408 g/mol. The van der Waals surface area contributed by atoms with Gasteiger partial charge in [-0.15, -0.1) is 0 Å². The smallest absolute Gasteiger partial charge is 0.321 e. The zero-order chi connectivity index (χ0) is 20.1. The molecule has 2 N–H and O–H groups in total. The predicted octanol–water partition coefficient (Wildman–Crippen LogP) is 2.84.